The van der Waals surface area contributed by atoms with Gasteiger partial charge in [-0.2, -0.15) is 11.8 Å². The SMILES string of the molecule is CSCCN(C)C(=O)N[C@H](Cc1ccc(O)cc1)C(=O)O. The van der Waals surface area contributed by atoms with Crippen LogP contribution >= 0.6 is 11.8 Å². The summed E-state index contributed by atoms with van der Waals surface area (Å²) in [4.78, 5) is 24.6. The third kappa shape index (κ3) is 5.95. The van der Waals surface area contributed by atoms with Crippen molar-refractivity contribution in [1.29, 1.82) is 0 Å². The average molecular weight is 312 g/mol. The van der Waals surface area contributed by atoms with Crippen molar-refractivity contribution in [1.82, 2.24) is 10.2 Å². The second kappa shape index (κ2) is 8.41. The van der Waals surface area contributed by atoms with Crippen LogP contribution in [-0.4, -0.2) is 58.8 Å². The highest BCUT2D eigenvalue weighted by atomic mass is 32.2. The second-order valence-electron chi connectivity index (χ2n) is 4.63. The van der Waals surface area contributed by atoms with Gasteiger partial charge in [-0.15, -0.1) is 0 Å². The molecule has 2 amide bonds. The number of thioether (sulfide) groups is 1. The normalized spacial score (nSPS) is 11.7. The highest BCUT2D eigenvalue weighted by Gasteiger charge is 2.22. The van der Waals surface area contributed by atoms with E-state index >= 15 is 0 Å². The van der Waals surface area contributed by atoms with Crippen molar-refractivity contribution in [2.75, 3.05) is 25.6 Å². The summed E-state index contributed by atoms with van der Waals surface area (Å²) in [5.41, 5.74) is 0.729. The molecule has 116 valence electrons. The second-order valence-corrected chi connectivity index (χ2v) is 5.61. The fourth-order valence-corrected chi connectivity index (χ4v) is 2.11. The maximum Gasteiger partial charge on any atom is 0.326 e. The lowest BCUT2D eigenvalue weighted by Gasteiger charge is -2.21. The Morgan fingerprint density at radius 2 is 1.95 bits per heavy atom. The number of nitrogens with one attached hydrogen (secondary N) is 1. The number of aliphatic carboxylic acids is 1. The first-order valence-electron chi connectivity index (χ1n) is 6.45. The molecule has 0 saturated heterocycles. The van der Waals surface area contributed by atoms with Crippen LogP contribution in [0.4, 0.5) is 4.79 Å². The Balaban J connectivity index is 2.63. The molecule has 0 radical (unpaired) electrons. The number of carboxylic acid groups (broad SMARTS) is 1. The lowest BCUT2D eigenvalue weighted by Crippen LogP contribution is -2.48. The van der Waals surface area contributed by atoms with E-state index in [1.807, 2.05) is 6.26 Å². The fraction of sp³-hybridized carbons (Fsp3) is 0.429. The number of amides is 2. The molecule has 1 atom stereocenters. The smallest absolute Gasteiger partial charge is 0.326 e. The van der Waals surface area contributed by atoms with Crippen molar-refractivity contribution in [3.05, 3.63) is 29.8 Å². The molecule has 0 aromatic heterocycles. The number of hydrogen-bond acceptors (Lipinski definition) is 4. The van der Waals surface area contributed by atoms with E-state index in [1.54, 1.807) is 30.9 Å². The Morgan fingerprint density at radius 1 is 1.33 bits per heavy atom. The third-order valence-electron chi connectivity index (χ3n) is 2.95. The molecule has 0 aliphatic rings. The molecule has 7 heteroatoms. The van der Waals surface area contributed by atoms with Crippen molar-refractivity contribution >= 4 is 23.8 Å². The van der Waals surface area contributed by atoms with Gasteiger partial charge in [-0.3, -0.25) is 0 Å². The van der Waals surface area contributed by atoms with Gasteiger partial charge in [-0.1, -0.05) is 12.1 Å². The zero-order chi connectivity index (χ0) is 15.8. The van der Waals surface area contributed by atoms with Gasteiger partial charge in [0.05, 0.1) is 0 Å². The molecular weight excluding hydrogens is 292 g/mol. The minimum absolute atomic E-state index is 0.117. The van der Waals surface area contributed by atoms with Crippen LogP contribution in [0, 0.1) is 0 Å². The molecule has 0 heterocycles. The number of aromatic hydroxyl groups is 1. The molecule has 0 saturated carbocycles. The van der Waals surface area contributed by atoms with Crippen LogP contribution < -0.4 is 5.32 Å². The Morgan fingerprint density at radius 3 is 2.48 bits per heavy atom. The van der Waals surface area contributed by atoms with Crippen LogP contribution in [0.1, 0.15) is 5.56 Å². The molecule has 0 bridgehead atoms. The maximum absolute atomic E-state index is 11.9. The third-order valence-corrected chi connectivity index (χ3v) is 3.54. The van der Waals surface area contributed by atoms with Crippen LogP contribution in [0.15, 0.2) is 24.3 Å². The largest absolute Gasteiger partial charge is 0.508 e. The summed E-state index contributed by atoms with van der Waals surface area (Å²) < 4.78 is 0. The molecule has 0 unspecified atom stereocenters. The summed E-state index contributed by atoms with van der Waals surface area (Å²) in [5.74, 6) is -0.180. The number of carbonyl (C=O) groups excluding carboxylic acids is 1. The molecule has 3 N–H and O–H groups in total. The van der Waals surface area contributed by atoms with Crippen LogP contribution in [-0.2, 0) is 11.2 Å². The topological polar surface area (TPSA) is 89.9 Å². The van der Waals surface area contributed by atoms with E-state index in [2.05, 4.69) is 5.32 Å². The number of nitrogens with zero attached hydrogens (tertiary/aromatic N) is 1. The molecule has 1 rings (SSSR count). The van der Waals surface area contributed by atoms with Gasteiger partial charge >= 0.3 is 12.0 Å². The predicted molar refractivity (Wildman–Crippen MR) is 82.8 cm³/mol. The fourth-order valence-electron chi connectivity index (χ4n) is 1.66. The van der Waals surface area contributed by atoms with Gasteiger partial charge in [-0.05, 0) is 24.0 Å². The van der Waals surface area contributed by atoms with Gasteiger partial charge in [0.25, 0.3) is 0 Å². The molecule has 0 fully saturated rings. The van der Waals surface area contributed by atoms with Crippen molar-refractivity contribution in [2.45, 2.75) is 12.5 Å². The Hall–Kier alpha value is -1.89. The Labute approximate surface area is 128 Å². The van der Waals surface area contributed by atoms with Crippen LogP contribution in [0.25, 0.3) is 0 Å². The van der Waals surface area contributed by atoms with E-state index in [-0.39, 0.29) is 12.2 Å². The minimum atomic E-state index is -1.09. The molecule has 0 aliphatic heterocycles. The van der Waals surface area contributed by atoms with E-state index < -0.39 is 18.0 Å². The van der Waals surface area contributed by atoms with Gasteiger partial charge < -0.3 is 20.4 Å². The summed E-state index contributed by atoms with van der Waals surface area (Å²) in [6.07, 6.45) is 2.11. The van der Waals surface area contributed by atoms with Gasteiger partial charge in [0.2, 0.25) is 0 Å². The number of carbonyl (C=O) groups is 2. The summed E-state index contributed by atoms with van der Waals surface area (Å²) in [6.45, 7) is 0.554. The van der Waals surface area contributed by atoms with E-state index in [9.17, 15) is 19.8 Å². The van der Waals surface area contributed by atoms with Gasteiger partial charge in [-0.25, -0.2) is 9.59 Å². The van der Waals surface area contributed by atoms with E-state index in [1.165, 1.54) is 17.0 Å². The van der Waals surface area contributed by atoms with Crippen LogP contribution in [0.3, 0.4) is 0 Å². The monoisotopic (exact) mass is 312 g/mol. The van der Waals surface area contributed by atoms with Crippen LogP contribution in [0.5, 0.6) is 5.75 Å². The molecule has 6 nitrogen and oxygen atoms in total. The van der Waals surface area contributed by atoms with Crippen molar-refractivity contribution < 1.29 is 19.8 Å². The number of benzene rings is 1. The molecule has 0 aliphatic carbocycles. The maximum atomic E-state index is 11.9. The number of hydrogen-bond donors (Lipinski definition) is 3. The first kappa shape index (κ1) is 17.2. The van der Waals surface area contributed by atoms with Gasteiger partial charge in [0, 0.05) is 25.8 Å². The van der Waals surface area contributed by atoms with Crippen molar-refractivity contribution in [3.8, 4) is 5.75 Å². The molecule has 0 spiro atoms. The van der Waals surface area contributed by atoms with Gasteiger partial charge in [0.1, 0.15) is 11.8 Å². The lowest BCUT2D eigenvalue weighted by molar-refractivity contribution is -0.139. The number of urea groups is 1. The highest BCUT2D eigenvalue weighted by Crippen LogP contribution is 2.11. The summed E-state index contributed by atoms with van der Waals surface area (Å²) >= 11 is 1.61. The molecule has 1 aromatic carbocycles. The Kier molecular flexibility index (Phi) is 6.87. The number of phenolic OH excluding ortho intramolecular Hbond substituents is 1. The predicted octanol–water partition coefficient (Wildman–Crippen LogP) is 1.39. The van der Waals surface area contributed by atoms with Gasteiger partial charge in [0.15, 0.2) is 0 Å². The molecule has 21 heavy (non-hydrogen) atoms. The quantitative estimate of drug-likeness (QED) is 0.708. The van der Waals surface area contributed by atoms with Crippen molar-refractivity contribution in [3.63, 3.8) is 0 Å². The minimum Gasteiger partial charge on any atom is -0.508 e. The highest BCUT2D eigenvalue weighted by molar-refractivity contribution is 7.98. The first-order valence-corrected chi connectivity index (χ1v) is 7.84. The first-order chi connectivity index (χ1) is 9.93. The summed E-state index contributed by atoms with van der Waals surface area (Å²) in [6, 6.07) is 4.83. The van der Waals surface area contributed by atoms with E-state index in [0.29, 0.717) is 6.54 Å². The zero-order valence-electron chi connectivity index (χ0n) is 12.1. The number of carboxylic acids is 1. The van der Waals surface area contributed by atoms with Crippen LogP contribution in [0.2, 0.25) is 0 Å². The zero-order valence-corrected chi connectivity index (χ0v) is 12.9. The molecular formula is C14H20N2O4S. The average Bonchev–Trinajstić information content (AvgIpc) is 2.45. The van der Waals surface area contributed by atoms with Crippen molar-refractivity contribution in [2.24, 2.45) is 0 Å². The molecule has 1 aromatic rings. The lowest BCUT2D eigenvalue weighted by atomic mass is 10.1. The van der Waals surface area contributed by atoms with E-state index in [4.69, 9.17) is 0 Å². The van der Waals surface area contributed by atoms with E-state index in [0.717, 1.165) is 11.3 Å². The summed E-state index contributed by atoms with van der Waals surface area (Å²) in [5, 5.41) is 20.9. The number of rotatable bonds is 7. The standard InChI is InChI=1S/C14H20N2O4S/c1-16(7-8-21-2)14(20)15-12(13(18)19)9-10-3-5-11(17)6-4-10/h3-6,12,17H,7-9H2,1-2H3,(H,15,20)(H,18,19)/t12-/m1/s1. The Bertz CT molecular complexity index is 478. The summed E-state index contributed by atoms with van der Waals surface area (Å²) in [7, 11) is 1.63. The number of phenols is 1.